The van der Waals surface area contributed by atoms with Gasteiger partial charge in [0.1, 0.15) is 12.4 Å². The second kappa shape index (κ2) is 4.52. The summed E-state index contributed by atoms with van der Waals surface area (Å²) in [5.41, 5.74) is 0.972. The first-order valence-electron chi connectivity index (χ1n) is 4.94. The van der Waals surface area contributed by atoms with Crippen molar-refractivity contribution in [3.05, 3.63) is 27.7 Å². The van der Waals surface area contributed by atoms with Crippen molar-refractivity contribution in [2.45, 2.75) is 19.4 Å². The van der Waals surface area contributed by atoms with E-state index >= 15 is 0 Å². The number of rotatable bonds is 1. The molecular weight excluding hydrogens is 249 g/mol. The molecule has 86 valence electrons. The molecule has 1 amide bonds. The number of carbonyl (C=O) groups is 1. The van der Waals surface area contributed by atoms with E-state index in [4.69, 9.17) is 27.9 Å². The van der Waals surface area contributed by atoms with Crippen LogP contribution >= 0.6 is 23.2 Å². The fourth-order valence-electron chi connectivity index (χ4n) is 1.76. The summed E-state index contributed by atoms with van der Waals surface area (Å²) in [6.07, 6.45) is 0.714. The molecule has 1 aliphatic heterocycles. The zero-order chi connectivity index (χ0) is 11.7. The molecule has 0 saturated carbocycles. The highest BCUT2D eigenvalue weighted by atomic mass is 35.5. The molecule has 0 aromatic heterocycles. The average Bonchev–Trinajstić information content (AvgIpc) is 2.19. The maximum atomic E-state index is 10.9. The summed E-state index contributed by atoms with van der Waals surface area (Å²) in [6.45, 7) is 1.95. The van der Waals surface area contributed by atoms with Crippen molar-refractivity contribution in [2.75, 3.05) is 6.61 Å². The van der Waals surface area contributed by atoms with Gasteiger partial charge in [-0.2, -0.15) is 0 Å². The Labute approximate surface area is 104 Å². The molecule has 16 heavy (non-hydrogen) atoms. The Morgan fingerprint density at radius 2 is 2.12 bits per heavy atom. The highest BCUT2D eigenvalue weighted by Gasteiger charge is 2.21. The van der Waals surface area contributed by atoms with Crippen LogP contribution in [0.1, 0.15) is 12.5 Å². The summed E-state index contributed by atoms with van der Waals surface area (Å²) in [5, 5.41) is 3.81. The topological polar surface area (TPSA) is 38.3 Å². The van der Waals surface area contributed by atoms with Crippen LogP contribution in [0.4, 0.5) is 0 Å². The van der Waals surface area contributed by atoms with Crippen molar-refractivity contribution < 1.29 is 9.53 Å². The Balaban J connectivity index is 2.20. The Bertz CT molecular complexity index is 434. The zero-order valence-electron chi connectivity index (χ0n) is 8.72. The number of amides is 1. The highest BCUT2D eigenvalue weighted by Crippen LogP contribution is 2.33. The third kappa shape index (κ3) is 2.42. The predicted molar refractivity (Wildman–Crippen MR) is 63.3 cm³/mol. The zero-order valence-corrected chi connectivity index (χ0v) is 10.2. The van der Waals surface area contributed by atoms with Gasteiger partial charge in [0, 0.05) is 13.0 Å². The molecule has 2 rings (SSSR count). The number of halogens is 2. The Hall–Kier alpha value is -0.930. The van der Waals surface area contributed by atoms with Gasteiger partial charge < -0.3 is 10.1 Å². The quantitative estimate of drug-likeness (QED) is 0.842. The van der Waals surface area contributed by atoms with Crippen LogP contribution in [-0.4, -0.2) is 18.6 Å². The van der Waals surface area contributed by atoms with Crippen LogP contribution in [0.3, 0.4) is 0 Å². The van der Waals surface area contributed by atoms with Crippen molar-refractivity contribution in [3.63, 3.8) is 0 Å². The van der Waals surface area contributed by atoms with Gasteiger partial charge in [0.05, 0.1) is 16.1 Å². The van der Waals surface area contributed by atoms with Crippen LogP contribution in [-0.2, 0) is 11.2 Å². The number of hydrogen-bond donors (Lipinski definition) is 1. The highest BCUT2D eigenvalue weighted by molar-refractivity contribution is 6.42. The smallest absolute Gasteiger partial charge is 0.217 e. The predicted octanol–water partition coefficient (Wildman–Crippen LogP) is 2.43. The molecule has 1 aliphatic rings. The van der Waals surface area contributed by atoms with Crippen molar-refractivity contribution in [2.24, 2.45) is 0 Å². The van der Waals surface area contributed by atoms with E-state index in [-0.39, 0.29) is 11.9 Å². The van der Waals surface area contributed by atoms with Gasteiger partial charge in [0.2, 0.25) is 5.91 Å². The molecule has 1 unspecified atom stereocenters. The fraction of sp³-hybridized carbons (Fsp3) is 0.364. The SMILES string of the molecule is CC(=O)NC1COc2cc(Cl)c(Cl)cc2C1. The fourth-order valence-corrected chi connectivity index (χ4v) is 2.10. The van der Waals surface area contributed by atoms with Crippen molar-refractivity contribution in [1.29, 1.82) is 0 Å². The maximum absolute atomic E-state index is 10.9. The average molecular weight is 260 g/mol. The summed E-state index contributed by atoms with van der Waals surface area (Å²) in [5.74, 6) is 0.688. The van der Waals surface area contributed by atoms with Crippen LogP contribution in [0.2, 0.25) is 10.0 Å². The molecule has 1 atom stereocenters. The van der Waals surface area contributed by atoms with Crippen LogP contribution in [0.5, 0.6) is 5.75 Å². The number of fused-ring (bicyclic) bond motifs is 1. The van der Waals surface area contributed by atoms with Crippen LogP contribution in [0.15, 0.2) is 12.1 Å². The minimum Gasteiger partial charge on any atom is -0.491 e. The second-order valence-electron chi connectivity index (χ2n) is 3.79. The van der Waals surface area contributed by atoms with E-state index in [0.717, 1.165) is 11.3 Å². The van der Waals surface area contributed by atoms with Gasteiger partial charge in [-0.3, -0.25) is 4.79 Å². The minimum absolute atomic E-state index is 0.00208. The second-order valence-corrected chi connectivity index (χ2v) is 4.60. The standard InChI is InChI=1S/C11H11Cl2NO2/c1-6(15)14-8-2-7-3-9(12)10(13)4-11(7)16-5-8/h3-4,8H,2,5H2,1H3,(H,14,15). The van der Waals surface area contributed by atoms with Gasteiger partial charge in [-0.25, -0.2) is 0 Å². The monoisotopic (exact) mass is 259 g/mol. The van der Waals surface area contributed by atoms with Gasteiger partial charge in [0.15, 0.2) is 0 Å². The normalized spacial score (nSPS) is 18.6. The largest absolute Gasteiger partial charge is 0.491 e. The lowest BCUT2D eigenvalue weighted by molar-refractivity contribution is -0.119. The molecule has 0 bridgehead atoms. The minimum atomic E-state index is -0.0582. The van der Waals surface area contributed by atoms with Crippen molar-refractivity contribution in [3.8, 4) is 5.75 Å². The number of ether oxygens (including phenoxy) is 1. The van der Waals surface area contributed by atoms with Crippen molar-refractivity contribution >= 4 is 29.1 Å². The third-order valence-corrected chi connectivity index (χ3v) is 3.14. The molecule has 0 radical (unpaired) electrons. The summed E-state index contributed by atoms with van der Waals surface area (Å²) in [6, 6.07) is 3.50. The van der Waals surface area contributed by atoms with Crippen LogP contribution < -0.4 is 10.1 Å². The van der Waals surface area contributed by atoms with Crippen molar-refractivity contribution in [1.82, 2.24) is 5.32 Å². The summed E-state index contributed by atoms with van der Waals surface area (Å²) in [4.78, 5) is 10.9. The Morgan fingerprint density at radius 3 is 2.81 bits per heavy atom. The van der Waals surface area contributed by atoms with E-state index in [9.17, 15) is 4.79 Å². The van der Waals surface area contributed by atoms with Gasteiger partial charge >= 0.3 is 0 Å². The molecule has 0 spiro atoms. The molecule has 1 heterocycles. The lowest BCUT2D eigenvalue weighted by atomic mass is 10.0. The van der Waals surface area contributed by atoms with E-state index in [0.29, 0.717) is 23.1 Å². The van der Waals surface area contributed by atoms with Gasteiger partial charge in [-0.1, -0.05) is 23.2 Å². The molecule has 1 aromatic carbocycles. The van der Waals surface area contributed by atoms with Gasteiger partial charge in [0.25, 0.3) is 0 Å². The molecule has 3 nitrogen and oxygen atoms in total. The van der Waals surface area contributed by atoms with E-state index in [1.807, 2.05) is 0 Å². The number of hydrogen-bond acceptors (Lipinski definition) is 2. The van der Waals surface area contributed by atoms with Gasteiger partial charge in [-0.15, -0.1) is 0 Å². The number of carbonyl (C=O) groups excluding carboxylic acids is 1. The Kier molecular flexibility index (Phi) is 3.26. The molecule has 1 aromatic rings. The lowest BCUT2D eigenvalue weighted by Gasteiger charge is -2.26. The summed E-state index contributed by atoms with van der Waals surface area (Å²) >= 11 is 11.8. The molecule has 0 aliphatic carbocycles. The first-order valence-corrected chi connectivity index (χ1v) is 5.69. The first-order chi connectivity index (χ1) is 7.56. The molecule has 0 fully saturated rings. The van der Waals surface area contributed by atoms with E-state index in [1.165, 1.54) is 6.92 Å². The molecular formula is C11H11Cl2NO2. The van der Waals surface area contributed by atoms with E-state index in [2.05, 4.69) is 5.32 Å². The number of benzene rings is 1. The lowest BCUT2D eigenvalue weighted by Crippen LogP contribution is -2.41. The molecule has 1 N–H and O–H groups in total. The summed E-state index contributed by atoms with van der Waals surface area (Å²) < 4.78 is 5.51. The van der Waals surface area contributed by atoms with E-state index < -0.39 is 0 Å². The van der Waals surface area contributed by atoms with Crippen LogP contribution in [0.25, 0.3) is 0 Å². The molecule has 0 saturated heterocycles. The summed E-state index contributed by atoms with van der Waals surface area (Å²) in [7, 11) is 0. The third-order valence-electron chi connectivity index (χ3n) is 2.42. The van der Waals surface area contributed by atoms with E-state index in [1.54, 1.807) is 12.1 Å². The van der Waals surface area contributed by atoms with Crippen LogP contribution in [0, 0.1) is 0 Å². The number of nitrogens with one attached hydrogen (secondary N) is 1. The first kappa shape index (κ1) is 11.6. The van der Waals surface area contributed by atoms with Gasteiger partial charge in [-0.05, 0) is 18.1 Å². The Morgan fingerprint density at radius 1 is 1.44 bits per heavy atom. The maximum Gasteiger partial charge on any atom is 0.217 e. The molecule has 5 heteroatoms.